The van der Waals surface area contributed by atoms with Crippen LogP contribution in [0, 0.1) is 0 Å². The molecule has 0 aliphatic carbocycles. The van der Waals surface area contributed by atoms with Gasteiger partial charge in [0.15, 0.2) is 0 Å². The van der Waals surface area contributed by atoms with E-state index in [9.17, 15) is 8.42 Å². The zero-order valence-electron chi connectivity index (χ0n) is 11.5. The number of hydrogen-bond donors (Lipinski definition) is 0. The first-order valence-corrected chi connectivity index (χ1v) is 9.80. The lowest BCUT2D eigenvalue weighted by atomic mass is 10.3. The highest BCUT2D eigenvalue weighted by Crippen LogP contribution is 2.25. The molecule has 8 heteroatoms. The number of aryl methyl sites for hydroxylation is 1. The van der Waals surface area contributed by atoms with Crippen LogP contribution >= 0.6 is 23.4 Å². The molecule has 1 aromatic rings. The summed E-state index contributed by atoms with van der Waals surface area (Å²) in [4.78, 5) is 0.286. The van der Waals surface area contributed by atoms with E-state index >= 15 is 0 Å². The van der Waals surface area contributed by atoms with E-state index < -0.39 is 10.0 Å². The molecule has 2 rings (SSSR count). The van der Waals surface area contributed by atoms with Crippen LogP contribution in [0.25, 0.3) is 0 Å². The molecule has 20 heavy (non-hydrogen) atoms. The van der Waals surface area contributed by atoms with E-state index in [1.165, 1.54) is 6.20 Å². The van der Waals surface area contributed by atoms with Gasteiger partial charge in [-0.2, -0.15) is 21.2 Å². The van der Waals surface area contributed by atoms with E-state index in [0.29, 0.717) is 30.8 Å². The Hall–Kier alpha value is -0.240. The second-order valence-corrected chi connectivity index (χ2v) is 8.47. The van der Waals surface area contributed by atoms with Crippen LogP contribution in [-0.4, -0.2) is 52.5 Å². The number of hydrogen-bond acceptors (Lipinski definition) is 4. The molecule has 0 aromatic carbocycles. The third-order valence-electron chi connectivity index (χ3n) is 3.33. The van der Waals surface area contributed by atoms with Crippen molar-refractivity contribution in [2.75, 3.05) is 24.7 Å². The Labute approximate surface area is 129 Å². The van der Waals surface area contributed by atoms with Crippen molar-refractivity contribution in [3.63, 3.8) is 0 Å². The maximum absolute atomic E-state index is 12.6. The van der Waals surface area contributed by atoms with Crippen LogP contribution in [0.15, 0.2) is 17.3 Å². The lowest BCUT2D eigenvalue weighted by Gasteiger charge is -2.30. The summed E-state index contributed by atoms with van der Waals surface area (Å²) in [6.45, 7) is 3.91. The molecule has 1 aliphatic heterocycles. The van der Waals surface area contributed by atoms with Crippen molar-refractivity contribution >= 4 is 33.4 Å². The van der Waals surface area contributed by atoms with Crippen molar-refractivity contribution in [3.05, 3.63) is 12.4 Å². The van der Waals surface area contributed by atoms with Gasteiger partial charge in [0.05, 0.1) is 6.20 Å². The highest BCUT2D eigenvalue weighted by atomic mass is 35.5. The van der Waals surface area contributed by atoms with Crippen molar-refractivity contribution in [3.8, 4) is 0 Å². The van der Waals surface area contributed by atoms with Crippen LogP contribution in [-0.2, 0) is 16.6 Å². The molecule has 5 nitrogen and oxygen atoms in total. The maximum atomic E-state index is 12.6. The quantitative estimate of drug-likeness (QED) is 0.745. The van der Waals surface area contributed by atoms with Crippen molar-refractivity contribution < 1.29 is 8.42 Å². The van der Waals surface area contributed by atoms with Gasteiger partial charge in [-0.05, 0) is 12.8 Å². The van der Waals surface area contributed by atoms with Crippen molar-refractivity contribution in [2.24, 2.45) is 0 Å². The largest absolute Gasteiger partial charge is 0.271 e. The fraction of sp³-hybridized carbons (Fsp3) is 0.750. The number of sulfonamides is 1. The van der Waals surface area contributed by atoms with Gasteiger partial charge in [0, 0.05) is 42.7 Å². The minimum absolute atomic E-state index is 0.286. The molecule has 1 atom stereocenters. The zero-order chi connectivity index (χ0) is 14.6. The van der Waals surface area contributed by atoms with E-state index in [1.54, 1.807) is 15.2 Å². The number of rotatable bonds is 6. The van der Waals surface area contributed by atoms with Crippen molar-refractivity contribution in [2.45, 2.75) is 36.5 Å². The Kier molecular flexibility index (Phi) is 5.77. The lowest BCUT2D eigenvalue weighted by molar-refractivity contribution is 0.416. The summed E-state index contributed by atoms with van der Waals surface area (Å²) in [6.07, 6.45) is 4.81. The third-order valence-corrected chi connectivity index (χ3v) is 6.78. The van der Waals surface area contributed by atoms with E-state index in [-0.39, 0.29) is 4.90 Å². The molecular weight excluding hydrogens is 318 g/mol. The SMILES string of the molecule is CCC1CN(S(=O)(=O)c2cnn(CCCCl)c2)CCS1. The van der Waals surface area contributed by atoms with Gasteiger partial charge >= 0.3 is 0 Å². The average Bonchev–Trinajstić information content (AvgIpc) is 2.94. The molecule has 0 bridgehead atoms. The fourth-order valence-electron chi connectivity index (χ4n) is 2.13. The first-order chi connectivity index (χ1) is 9.57. The molecule has 0 amide bonds. The molecule has 1 aliphatic rings. The Balaban J connectivity index is 2.11. The molecule has 114 valence electrons. The Morgan fingerprint density at radius 2 is 2.35 bits per heavy atom. The van der Waals surface area contributed by atoms with Crippen LogP contribution in [0.4, 0.5) is 0 Å². The maximum Gasteiger partial charge on any atom is 0.246 e. The lowest BCUT2D eigenvalue weighted by Crippen LogP contribution is -2.41. The molecule has 1 saturated heterocycles. The van der Waals surface area contributed by atoms with Crippen LogP contribution < -0.4 is 0 Å². The summed E-state index contributed by atoms with van der Waals surface area (Å²) < 4.78 is 28.4. The number of nitrogens with zero attached hydrogens (tertiary/aromatic N) is 3. The summed E-state index contributed by atoms with van der Waals surface area (Å²) >= 11 is 7.48. The van der Waals surface area contributed by atoms with E-state index in [4.69, 9.17) is 11.6 Å². The minimum atomic E-state index is -3.41. The van der Waals surface area contributed by atoms with Gasteiger partial charge in [-0.25, -0.2) is 8.42 Å². The number of thioether (sulfide) groups is 1. The molecule has 1 unspecified atom stereocenters. The molecular formula is C12H20ClN3O2S2. The van der Waals surface area contributed by atoms with Gasteiger partial charge < -0.3 is 0 Å². The topological polar surface area (TPSA) is 55.2 Å². The van der Waals surface area contributed by atoms with Gasteiger partial charge in [0.1, 0.15) is 4.90 Å². The van der Waals surface area contributed by atoms with Crippen molar-refractivity contribution in [1.82, 2.24) is 14.1 Å². The predicted molar refractivity (Wildman–Crippen MR) is 82.9 cm³/mol. The Bertz CT molecular complexity index is 533. The van der Waals surface area contributed by atoms with Gasteiger partial charge in [0.25, 0.3) is 0 Å². The molecule has 1 fully saturated rings. The molecule has 0 radical (unpaired) electrons. The zero-order valence-corrected chi connectivity index (χ0v) is 13.9. The van der Waals surface area contributed by atoms with Gasteiger partial charge in [-0.3, -0.25) is 4.68 Å². The smallest absolute Gasteiger partial charge is 0.246 e. The molecule has 0 N–H and O–H groups in total. The highest BCUT2D eigenvalue weighted by molar-refractivity contribution is 8.00. The molecule has 0 saturated carbocycles. The average molecular weight is 338 g/mol. The number of alkyl halides is 1. The summed E-state index contributed by atoms with van der Waals surface area (Å²) in [6, 6.07) is 0. The second-order valence-electron chi connectivity index (χ2n) is 4.75. The van der Waals surface area contributed by atoms with Crippen LogP contribution in [0.5, 0.6) is 0 Å². The highest BCUT2D eigenvalue weighted by Gasteiger charge is 2.30. The standard InChI is InChI=1S/C12H20ClN3O2S2/c1-2-11-9-16(6-7-19-11)20(17,18)12-8-14-15(10-12)5-3-4-13/h8,10-11H,2-7,9H2,1H3. The summed E-state index contributed by atoms with van der Waals surface area (Å²) in [5, 5.41) is 4.49. The molecule has 0 spiro atoms. The van der Waals surface area contributed by atoms with Crippen LogP contribution in [0.1, 0.15) is 19.8 Å². The van der Waals surface area contributed by atoms with E-state index in [2.05, 4.69) is 12.0 Å². The van der Waals surface area contributed by atoms with Gasteiger partial charge in [0.2, 0.25) is 10.0 Å². The predicted octanol–water partition coefficient (Wildman–Crippen LogP) is 2.03. The number of aromatic nitrogens is 2. The van der Waals surface area contributed by atoms with E-state index in [0.717, 1.165) is 18.6 Å². The monoisotopic (exact) mass is 337 g/mol. The van der Waals surface area contributed by atoms with Crippen LogP contribution in [0.3, 0.4) is 0 Å². The minimum Gasteiger partial charge on any atom is -0.271 e. The second kappa shape index (κ2) is 7.15. The first-order valence-electron chi connectivity index (χ1n) is 6.78. The van der Waals surface area contributed by atoms with Crippen LogP contribution in [0.2, 0.25) is 0 Å². The van der Waals surface area contributed by atoms with Crippen molar-refractivity contribution in [1.29, 1.82) is 0 Å². The molecule has 2 heterocycles. The normalized spacial score (nSPS) is 21.2. The third kappa shape index (κ3) is 3.69. The Morgan fingerprint density at radius 1 is 1.55 bits per heavy atom. The van der Waals surface area contributed by atoms with Gasteiger partial charge in [-0.1, -0.05) is 6.92 Å². The fourth-order valence-corrected chi connectivity index (χ4v) is 5.08. The number of halogens is 1. The first kappa shape index (κ1) is 16.1. The van der Waals surface area contributed by atoms with E-state index in [1.807, 2.05) is 11.8 Å². The molecule has 1 aromatic heterocycles. The van der Waals surface area contributed by atoms with Gasteiger partial charge in [-0.15, -0.1) is 11.6 Å². The Morgan fingerprint density at radius 3 is 3.05 bits per heavy atom. The summed E-state index contributed by atoms with van der Waals surface area (Å²) in [5.41, 5.74) is 0. The summed E-state index contributed by atoms with van der Waals surface area (Å²) in [5.74, 6) is 1.40. The summed E-state index contributed by atoms with van der Waals surface area (Å²) in [7, 11) is -3.41.